The third kappa shape index (κ3) is 3.38. The summed E-state index contributed by atoms with van der Waals surface area (Å²) in [5.41, 5.74) is 7.85. The standard InChI is InChI=1S/C14H13N3O2/c1-10-4-6-11(7-5-10)14(18)19-17-13(15)12-3-2-8-16-9-12/h2-9H,1H3,(H2,15,17)/p+1. The lowest BCUT2D eigenvalue weighted by Gasteiger charge is -2.00. The van der Waals surface area contributed by atoms with Crippen molar-refractivity contribution in [3.8, 4) is 0 Å². The van der Waals surface area contributed by atoms with Crippen LogP contribution in [0.4, 0.5) is 0 Å². The van der Waals surface area contributed by atoms with Gasteiger partial charge in [-0.05, 0) is 25.1 Å². The van der Waals surface area contributed by atoms with E-state index in [0.29, 0.717) is 11.1 Å². The highest BCUT2D eigenvalue weighted by molar-refractivity contribution is 5.97. The number of carbonyl (C=O) groups is 1. The molecule has 0 atom stereocenters. The minimum atomic E-state index is -0.539. The van der Waals surface area contributed by atoms with E-state index >= 15 is 0 Å². The topological polar surface area (TPSA) is 78.8 Å². The summed E-state index contributed by atoms with van der Waals surface area (Å²) < 4.78 is 0. The molecule has 0 amide bonds. The first kappa shape index (κ1) is 12.8. The zero-order valence-electron chi connectivity index (χ0n) is 10.5. The minimum Gasteiger partial charge on any atom is -0.380 e. The monoisotopic (exact) mass is 256 g/mol. The second-order valence-electron chi connectivity index (χ2n) is 4.01. The molecule has 0 aliphatic carbocycles. The molecule has 1 aromatic heterocycles. The van der Waals surface area contributed by atoms with Gasteiger partial charge in [-0.1, -0.05) is 22.9 Å². The van der Waals surface area contributed by atoms with Gasteiger partial charge in [-0.15, -0.1) is 0 Å². The van der Waals surface area contributed by atoms with E-state index < -0.39 is 5.97 Å². The van der Waals surface area contributed by atoms with Crippen molar-refractivity contribution < 1.29 is 14.6 Å². The number of H-pyrrole nitrogens is 1. The highest BCUT2D eigenvalue weighted by atomic mass is 16.7. The van der Waals surface area contributed by atoms with Crippen LogP contribution in [0.15, 0.2) is 53.9 Å². The number of pyridine rings is 1. The number of benzene rings is 1. The normalized spacial score (nSPS) is 11.1. The molecule has 2 rings (SSSR count). The maximum absolute atomic E-state index is 11.7. The molecule has 2 aromatic rings. The van der Waals surface area contributed by atoms with E-state index in [1.807, 2.05) is 19.1 Å². The van der Waals surface area contributed by atoms with Crippen molar-refractivity contribution in [2.24, 2.45) is 10.9 Å². The van der Waals surface area contributed by atoms with Gasteiger partial charge in [-0.25, -0.2) is 9.78 Å². The first-order valence-corrected chi connectivity index (χ1v) is 5.75. The molecule has 1 heterocycles. The van der Waals surface area contributed by atoms with Crippen LogP contribution in [0.5, 0.6) is 0 Å². The Morgan fingerprint density at radius 3 is 2.58 bits per heavy atom. The van der Waals surface area contributed by atoms with Crippen molar-refractivity contribution in [3.05, 3.63) is 65.5 Å². The molecule has 1 aromatic carbocycles. The number of nitrogens with two attached hydrogens (primary N) is 1. The van der Waals surface area contributed by atoms with Crippen molar-refractivity contribution in [1.82, 2.24) is 0 Å². The number of oxime groups is 1. The largest absolute Gasteiger partial charge is 0.380 e. The van der Waals surface area contributed by atoms with Crippen LogP contribution in [0, 0.1) is 6.92 Å². The van der Waals surface area contributed by atoms with E-state index in [2.05, 4.69) is 10.1 Å². The number of nitrogens with zero attached hydrogens (tertiary/aromatic N) is 1. The Kier molecular flexibility index (Phi) is 3.87. The molecule has 5 nitrogen and oxygen atoms in total. The Morgan fingerprint density at radius 2 is 1.95 bits per heavy atom. The molecule has 0 radical (unpaired) electrons. The molecule has 0 fully saturated rings. The second kappa shape index (κ2) is 5.77. The number of amidine groups is 1. The third-order valence-corrected chi connectivity index (χ3v) is 2.52. The SMILES string of the molecule is Cc1ccc(C(=O)ON=C(N)c2ccc[nH+]c2)cc1. The van der Waals surface area contributed by atoms with Gasteiger partial charge in [0.05, 0.1) is 11.1 Å². The predicted octanol–water partition coefficient (Wildman–Crippen LogP) is 1.29. The van der Waals surface area contributed by atoms with Gasteiger partial charge in [-0.3, -0.25) is 0 Å². The lowest BCUT2D eigenvalue weighted by atomic mass is 10.2. The zero-order chi connectivity index (χ0) is 13.7. The lowest BCUT2D eigenvalue weighted by molar-refractivity contribution is -0.378. The molecule has 0 bridgehead atoms. The quantitative estimate of drug-likeness (QED) is 0.389. The molecular weight excluding hydrogens is 242 g/mol. The number of rotatable bonds is 3. The van der Waals surface area contributed by atoms with Crippen LogP contribution in [-0.4, -0.2) is 11.8 Å². The van der Waals surface area contributed by atoms with Crippen molar-refractivity contribution in [1.29, 1.82) is 0 Å². The van der Waals surface area contributed by atoms with E-state index in [-0.39, 0.29) is 5.84 Å². The number of hydrogen-bond donors (Lipinski definition) is 1. The maximum Gasteiger partial charge on any atom is 0.365 e. The van der Waals surface area contributed by atoms with Crippen molar-refractivity contribution in [3.63, 3.8) is 0 Å². The lowest BCUT2D eigenvalue weighted by Crippen LogP contribution is -2.17. The number of nitrogens with one attached hydrogen (secondary N) is 1. The molecule has 5 heteroatoms. The van der Waals surface area contributed by atoms with Crippen LogP contribution in [0.25, 0.3) is 0 Å². The van der Waals surface area contributed by atoms with Gasteiger partial charge in [0.2, 0.25) is 0 Å². The summed E-state index contributed by atoms with van der Waals surface area (Å²) in [5, 5.41) is 3.62. The molecule has 96 valence electrons. The summed E-state index contributed by atoms with van der Waals surface area (Å²) in [6.07, 6.45) is 3.41. The highest BCUT2D eigenvalue weighted by Crippen LogP contribution is 2.05. The number of aryl methyl sites for hydroxylation is 1. The number of aromatic nitrogens is 1. The Morgan fingerprint density at radius 1 is 1.21 bits per heavy atom. The van der Waals surface area contributed by atoms with Gasteiger partial charge in [-0.2, -0.15) is 0 Å². The van der Waals surface area contributed by atoms with Crippen LogP contribution < -0.4 is 10.7 Å². The van der Waals surface area contributed by atoms with Crippen LogP contribution >= 0.6 is 0 Å². The van der Waals surface area contributed by atoms with Crippen LogP contribution in [0.2, 0.25) is 0 Å². The fraction of sp³-hybridized carbons (Fsp3) is 0.0714. The van der Waals surface area contributed by atoms with Crippen molar-refractivity contribution in [2.75, 3.05) is 0 Å². The van der Waals surface area contributed by atoms with Crippen molar-refractivity contribution >= 4 is 11.8 Å². The maximum atomic E-state index is 11.7. The van der Waals surface area contributed by atoms with Gasteiger partial charge < -0.3 is 10.6 Å². The third-order valence-electron chi connectivity index (χ3n) is 2.52. The summed E-state index contributed by atoms with van der Waals surface area (Å²) in [5.74, 6) is -0.403. The fourth-order valence-corrected chi connectivity index (χ4v) is 1.44. The summed E-state index contributed by atoms with van der Waals surface area (Å²) in [4.78, 5) is 19.4. The second-order valence-corrected chi connectivity index (χ2v) is 4.01. The van der Waals surface area contributed by atoms with E-state index in [4.69, 9.17) is 10.6 Å². The van der Waals surface area contributed by atoms with Crippen LogP contribution in [-0.2, 0) is 4.84 Å². The first-order valence-electron chi connectivity index (χ1n) is 5.75. The van der Waals surface area contributed by atoms with Gasteiger partial charge in [0.1, 0.15) is 0 Å². The van der Waals surface area contributed by atoms with E-state index in [9.17, 15) is 4.79 Å². The van der Waals surface area contributed by atoms with Gasteiger partial charge in [0.15, 0.2) is 18.2 Å². The molecule has 19 heavy (non-hydrogen) atoms. The predicted molar refractivity (Wildman–Crippen MR) is 70.3 cm³/mol. The number of aromatic amines is 1. The minimum absolute atomic E-state index is 0.136. The van der Waals surface area contributed by atoms with Crippen LogP contribution in [0.1, 0.15) is 21.5 Å². The molecule has 3 N–H and O–H groups in total. The van der Waals surface area contributed by atoms with E-state index in [1.165, 1.54) is 0 Å². The molecule has 0 aliphatic heterocycles. The zero-order valence-corrected chi connectivity index (χ0v) is 10.5. The molecule has 0 spiro atoms. The fourth-order valence-electron chi connectivity index (χ4n) is 1.44. The Labute approximate surface area is 110 Å². The first-order chi connectivity index (χ1) is 9.16. The van der Waals surface area contributed by atoms with Crippen LogP contribution in [0.3, 0.4) is 0 Å². The number of carbonyl (C=O) groups excluding carboxylic acids is 1. The smallest absolute Gasteiger partial charge is 0.365 e. The Hall–Kier alpha value is -2.69. The van der Waals surface area contributed by atoms with E-state index in [1.54, 1.807) is 36.7 Å². The van der Waals surface area contributed by atoms with Crippen molar-refractivity contribution in [2.45, 2.75) is 6.92 Å². The highest BCUT2D eigenvalue weighted by Gasteiger charge is 2.08. The van der Waals surface area contributed by atoms with Gasteiger partial charge >= 0.3 is 5.97 Å². The molecule has 0 aliphatic rings. The number of hydrogen-bond acceptors (Lipinski definition) is 3. The Balaban J connectivity index is 2.06. The summed E-state index contributed by atoms with van der Waals surface area (Å²) in [6, 6.07) is 10.6. The van der Waals surface area contributed by atoms with Gasteiger partial charge in [0, 0.05) is 6.07 Å². The summed E-state index contributed by atoms with van der Waals surface area (Å²) >= 11 is 0. The average Bonchev–Trinajstić information content (AvgIpc) is 2.46. The Bertz CT molecular complexity index is 592. The molecule has 0 unspecified atom stereocenters. The molecule has 0 saturated carbocycles. The molecular formula is C14H14N3O2+. The average molecular weight is 256 g/mol. The molecule has 0 saturated heterocycles. The van der Waals surface area contributed by atoms with Gasteiger partial charge in [0.25, 0.3) is 0 Å². The summed E-state index contributed by atoms with van der Waals surface area (Å²) in [7, 11) is 0. The van der Waals surface area contributed by atoms with E-state index in [0.717, 1.165) is 5.56 Å². The summed E-state index contributed by atoms with van der Waals surface area (Å²) in [6.45, 7) is 1.94.